The van der Waals surface area contributed by atoms with Crippen LogP contribution >= 0.6 is 15.9 Å². The number of fused-ring (bicyclic) bond motifs is 6. The van der Waals surface area contributed by atoms with Crippen LogP contribution in [0.15, 0.2) is 74.0 Å². The highest BCUT2D eigenvalue weighted by atomic mass is 79.9. The lowest BCUT2D eigenvalue weighted by Crippen LogP contribution is -1.89. The molecule has 6 rings (SSSR count). The van der Waals surface area contributed by atoms with Crippen molar-refractivity contribution in [1.82, 2.24) is 0 Å². The number of allylic oxidation sites excluding steroid dienone is 1. The summed E-state index contributed by atoms with van der Waals surface area (Å²) in [4.78, 5) is 0. The summed E-state index contributed by atoms with van der Waals surface area (Å²) in [5.41, 5.74) is 6.25. The molecular weight excluding hydrogens is 400 g/mol. The zero-order chi connectivity index (χ0) is 18.0. The van der Waals surface area contributed by atoms with Gasteiger partial charge in [0.1, 0.15) is 22.5 Å². The highest BCUT2D eigenvalue weighted by Gasteiger charge is 2.17. The number of hydrogen-bond donors (Lipinski definition) is 0. The van der Waals surface area contributed by atoms with Gasteiger partial charge in [0.25, 0.3) is 0 Å². The molecule has 0 amide bonds. The summed E-state index contributed by atoms with van der Waals surface area (Å²) in [5.74, 6) is 0.997. The zero-order valence-corrected chi connectivity index (χ0v) is 16.0. The van der Waals surface area contributed by atoms with Gasteiger partial charge in [0.15, 0.2) is 0 Å². The fourth-order valence-electron chi connectivity index (χ4n) is 4.15. The maximum Gasteiger partial charge on any atom is 0.143 e. The highest BCUT2D eigenvalue weighted by Crippen LogP contribution is 2.40. The van der Waals surface area contributed by atoms with Crippen molar-refractivity contribution in [3.05, 3.63) is 76.5 Å². The third-order valence-corrected chi connectivity index (χ3v) is 5.87. The van der Waals surface area contributed by atoms with E-state index >= 15 is 0 Å². The van der Waals surface area contributed by atoms with Gasteiger partial charge in [-0.05, 0) is 48.7 Å². The SMILES string of the molecule is Brc1cc(-c2ccc3c4c(oc3c2)C=CCC4)c2oc3ccccc3c2c1. The first-order chi connectivity index (χ1) is 13.3. The van der Waals surface area contributed by atoms with Crippen LogP contribution in [-0.2, 0) is 6.42 Å². The third kappa shape index (κ3) is 2.25. The molecule has 0 radical (unpaired) electrons. The smallest absolute Gasteiger partial charge is 0.143 e. The fourth-order valence-corrected chi connectivity index (χ4v) is 4.61. The van der Waals surface area contributed by atoms with E-state index in [2.05, 4.69) is 64.5 Å². The number of rotatable bonds is 1. The Hall–Kier alpha value is -2.78. The van der Waals surface area contributed by atoms with Crippen LogP contribution < -0.4 is 0 Å². The molecule has 0 saturated carbocycles. The summed E-state index contributed by atoms with van der Waals surface area (Å²) in [5, 5.41) is 3.47. The molecule has 3 aromatic carbocycles. The molecule has 0 saturated heterocycles. The van der Waals surface area contributed by atoms with Crippen molar-refractivity contribution in [2.24, 2.45) is 0 Å². The average Bonchev–Trinajstić information content (AvgIpc) is 3.25. The van der Waals surface area contributed by atoms with E-state index in [4.69, 9.17) is 8.83 Å². The van der Waals surface area contributed by atoms with E-state index in [0.29, 0.717) is 0 Å². The number of furan rings is 2. The van der Waals surface area contributed by atoms with E-state index < -0.39 is 0 Å². The van der Waals surface area contributed by atoms with Crippen molar-refractivity contribution in [3.63, 3.8) is 0 Å². The minimum absolute atomic E-state index is 0.909. The second-order valence-corrected chi connectivity index (χ2v) is 7.94. The molecule has 0 spiro atoms. The monoisotopic (exact) mass is 414 g/mol. The molecule has 0 atom stereocenters. The van der Waals surface area contributed by atoms with Crippen LogP contribution in [0.1, 0.15) is 17.7 Å². The zero-order valence-electron chi connectivity index (χ0n) is 14.5. The first kappa shape index (κ1) is 15.3. The van der Waals surface area contributed by atoms with E-state index in [1.165, 1.54) is 10.9 Å². The van der Waals surface area contributed by atoms with E-state index in [-0.39, 0.29) is 0 Å². The molecule has 1 aliphatic carbocycles. The quantitative estimate of drug-likeness (QED) is 0.280. The van der Waals surface area contributed by atoms with E-state index in [0.717, 1.165) is 61.7 Å². The van der Waals surface area contributed by atoms with Crippen LogP contribution in [-0.4, -0.2) is 0 Å². The molecule has 0 aliphatic heterocycles. The first-order valence-corrected chi connectivity index (χ1v) is 9.90. The third-order valence-electron chi connectivity index (χ3n) is 5.41. The van der Waals surface area contributed by atoms with Gasteiger partial charge in [-0.15, -0.1) is 0 Å². The molecule has 27 heavy (non-hydrogen) atoms. The number of hydrogen-bond acceptors (Lipinski definition) is 2. The predicted octanol–water partition coefficient (Wildman–Crippen LogP) is 7.72. The Balaban J connectivity index is 1.64. The minimum Gasteiger partial charge on any atom is -0.456 e. The summed E-state index contributed by atoms with van der Waals surface area (Å²) in [6, 6.07) is 18.9. The molecule has 2 nitrogen and oxygen atoms in total. The molecule has 0 fully saturated rings. The number of aryl methyl sites for hydroxylation is 1. The topological polar surface area (TPSA) is 26.3 Å². The van der Waals surface area contributed by atoms with E-state index in [9.17, 15) is 0 Å². The van der Waals surface area contributed by atoms with Crippen LogP contribution in [0, 0.1) is 0 Å². The molecular formula is C24H15BrO2. The van der Waals surface area contributed by atoms with Crippen LogP contribution in [0.25, 0.3) is 50.1 Å². The maximum atomic E-state index is 6.22. The van der Waals surface area contributed by atoms with Gasteiger partial charge in [-0.1, -0.05) is 52.3 Å². The lowest BCUT2D eigenvalue weighted by molar-refractivity contribution is 0.595. The lowest BCUT2D eigenvalue weighted by Gasteiger charge is -2.05. The number of benzene rings is 3. The summed E-state index contributed by atoms with van der Waals surface area (Å²) in [6.45, 7) is 0. The summed E-state index contributed by atoms with van der Waals surface area (Å²) >= 11 is 3.67. The van der Waals surface area contributed by atoms with Gasteiger partial charge in [0.05, 0.1) is 0 Å². The van der Waals surface area contributed by atoms with Crippen LogP contribution in [0.2, 0.25) is 0 Å². The first-order valence-electron chi connectivity index (χ1n) is 9.11. The molecule has 3 heteroatoms. The van der Waals surface area contributed by atoms with Crippen molar-refractivity contribution in [2.45, 2.75) is 12.8 Å². The van der Waals surface area contributed by atoms with Gasteiger partial charge >= 0.3 is 0 Å². The molecule has 0 N–H and O–H groups in total. The maximum absolute atomic E-state index is 6.22. The van der Waals surface area contributed by atoms with Crippen molar-refractivity contribution >= 4 is 54.9 Å². The Kier molecular flexibility index (Phi) is 3.18. The number of halogens is 1. The van der Waals surface area contributed by atoms with Crippen molar-refractivity contribution in [2.75, 3.05) is 0 Å². The molecule has 2 aromatic heterocycles. The summed E-state index contributed by atoms with van der Waals surface area (Å²) < 4.78 is 13.4. The standard InChI is InChI=1S/C24H15BrO2/c25-15-12-19(24-20(13-15)17-6-2-4-8-22(17)27-24)14-9-10-18-16-5-1-3-7-21(16)26-23(18)11-14/h2-4,6-13H,1,5H2. The largest absolute Gasteiger partial charge is 0.456 e. The second-order valence-electron chi connectivity index (χ2n) is 7.03. The van der Waals surface area contributed by atoms with Crippen LogP contribution in [0.4, 0.5) is 0 Å². The Morgan fingerprint density at radius 2 is 1.74 bits per heavy atom. The highest BCUT2D eigenvalue weighted by molar-refractivity contribution is 9.10. The van der Waals surface area contributed by atoms with Gasteiger partial charge in [-0.25, -0.2) is 0 Å². The van der Waals surface area contributed by atoms with Crippen LogP contribution in [0.5, 0.6) is 0 Å². The normalized spacial score (nSPS) is 13.7. The molecule has 130 valence electrons. The minimum atomic E-state index is 0.909. The fraction of sp³-hybridized carbons (Fsp3) is 0.0833. The van der Waals surface area contributed by atoms with Gasteiger partial charge in [0.2, 0.25) is 0 Å². The molecule has 2 heterocycles. The average molecular weight is 415 g/mol. The predicted molar refractivity (Wildman–Crippen MR) is 114 cm³/mol. The molecule has 0 bridgehead atoms. The van der Waals surface area contributed by atoms with Gasteiger partial charge in [-0.2, -0.15) is 0 Å². The Labute approximate surface area is 164 Å². The molecule has 5 aromatic rings. The Bertz CT molecular complexity index is 1380. The molecule has 1 aliphatic rings. The van der Waals surface area contributed by atoms with Crippen LogP contribution in [0.3, 0.4) is 0 Å². The summed E-state index contributed by atoms with van der Waals surface area (Å²) in [6.07, 6.45) is 6.39. The number of para-hydroxylation sites is 1. The van der Waals surface area contributed by atoms with Crippen molar-refractivity contribution in [1.29, 1.82) is 0 Å². The second kappa shape index (κ2) is 5.61. The van der Waals surface area contributed by atoms with Gasteiger partial charge in [0, 0.05) is 31.8 Å². The van der Waals surface area contributed by atoms with Crippen molar-refractivity contribution in [3.8, 4) is 11.1 Å². The van der Waals surface area contributed by atoms with E-state index in [1.54, 1.807) is 0 Å². The summed E-state index contributed by atoms with van der Waals surface area (Å²) in [7, 11) is 0. The lowest BCUT2D eigenvalue weighted by atomic mass is 9.98. The molecule has 0 unspecified atom stereocenters. The van der Waals surface area contributed by atoms with Gasteiger partial charge in [-0.3, -0.25) is 0 Å². The Morgan fingerprint density at radius 3 is 2.70 bits per heavy atom. The van der Waals surface area contributed by atoms with Crippen molar-refractivity contribution < 1.29 is 8.83 Å². The van der Waals surface area contributed by atoms with E-state index in [1.807, 2.05) is 18.2 Å². The Morgan fingerprint density at radius 1 is 0.815 bits per heavy atom. The van der Waals surface area contributed by atoms with Gasteiger partial charge < -0.3 is 8.83 Å².